The Labute approximate surface area is 112 Å². The summed E-state index contributed by atoms with van der Waals surface area (Å²) in [5.74, 6) is 3.12. The Kier molecular flexibility index (Phi) is 2.22. The normalized spacial score (nSPS) is 28.4. The lowest BCUT2D eigenvalue weighted by Crippen LogP contribution is -1.98. The van der Waals surface area contributed by atoms with Gasteiger partial charge in [0.15, 0.2) is 0 Å². The second-order valence-corrected chi connectivity index (χ2v) is 5.79. The summed E-state index contributed by atoms with van der Waals surface area (Å²) in [5, 5.41) is 4.70. The van der Waals surface area contributed by atoms with Gasteiger partial charge in [-0.1, -0.05) is 6.42 Å². The van der Waals surface area contributed by atoms with Crippen molar-refractivity contribution >= 4 is 5.82 Å². The minimum absolute atomic E-state index is 0.639. The molecule has 0 aromatic carbocycles. The molecule has 0 saturated heterocycles. The summed E-state index contributed by atoms with van der Waals surface area (Å²) >= 11 is 0. The van der Waals surface area contributed by atoms with E-state index in [0.717, 1.165) is 28.8 Å². The van der Waals surface area contributed by atoms with Crippen molar-refractivity contribution in [2.75, 3.05) is 5.73 Å². The van der Waals surface area contributed by atoms with E-state index in [1.165, 1.54) is 25.0 Å². The lowest BCUT2D eigenvalue weighted by molar-refractivity contribution is 0.655. The summed E-state index contributed by atoms with van der Waals surface area (Å²) in [7, 11) is 1.93. The second-order valence-electron chi connectivity index (χ2n) is 5.79. The molecule has 0 bridgehead atoms. The minimum Gasteiger partial charge on any atom is -0.383 e. The van der Waals surface area contributed by atoms with Crippen molar-refractivity contribution < 1.29 is 0 Å². The van der Waals surface area contributed by atoms with Crippen LogP contribution in [0.4, 0.5) is 5.82 Å². The zero-order valence-electron chi connectivity index (χ0n) is 11.1. The van der Waals surface area contributed by atoms with Gasteiger partial charge >= 0.3 is 0 Å². The SMILES string of the molecule is Cn1nc(C2C3CCCC32)c(-c2ccncc2)c1N. The van der Waals surface area contributed by atoms with Gasteiger partial charge in [0.05, 0.1) is 5.69 Å². The van der Waals surface area contributed by atoms with E-state index < -0.39 is 0 Å². The van der Waals surface area contributed by atoms with Gasteiger partial charge in [-0.2, -0.15) is 5.10 Å². The molecule has 0 amide bonds. The Balaban J connectivity index is 1.82. The molecule has 0 radical (unpaired) electrons. The van der Waals surface area contributed by atoms with E-state index in [-0.39, 0.29) is 0 Å². The largest absolute Gasteiger partial charge is 0.383 e. The number of fused-ring (bicyclic) bond motifs is 1. The first kappa shape index (κ1) is 11.0. The van der Waals surface area contributed by atoms with Crippen LogP contribution in [0.25, 0.3) is 11.1 Å². The van der Waals surface area contributed by atoms with Gasteiger partial charge in [-0.3, -0.25) is 9.67 Å². The third-order valence-electron chi connectivity index (χ3n) is 4.81. The zero-order chi connectivity index (χ0) is 13.0. The third-order valence-corrected chi connectivity index (χ3v) is 4.81. The molecular weight excluding hydrogens is 236 g/mol. The molecule has 2 aliphatic carbocycles. The van der Waals surface area contributed by atoms with Gasteiger partial charge in [-0.15, -0.1) is 0 Å². The number of hydrogen-bond acceptors (Lipinski definition) is 3. The Morgan fingerprint density at radius 2 is 1.89 bits per heavy atom. The van der Waals surface area contributed by atoms with Crippen molar-refractivity contribution in [3.05, 3.63) is 30.2 Å². The lowest BCUT2D eigenvalue weighted by Gasteiger charge is -2.05. The van der Waals surface area contributed by atoms with Gasteiger partial charge in [0.1, 0.15) is 5.82 Å². The van der Waals surface area contributed by atoms with Crippen LogP contribution in [0.3, 0.4) is 0 Å². The van der Waals surface area contributed by atoms with Crippen LogP contribution in [0.5, 0.6) is 0 Å². The molecule has 0 spiro atoms. The van der Waals surface area contributed by atoms with Crippen LogP contribution in [0.2, 0.25) is 0 Å². The first-order valence-electron chi connectivity index (χ1n) is 7.00. The topological polar surface area (TPSA) is 56.7 Å². The molecule has 2 aliphatic rings. The number of nitrogen functional groups attached to an aromatic ring is 1. The summed E-state index contributed by atoms with van der Waals surface area (Å²) in [5.41, 5.74) is 9.71. The number of nitrogens with zero attached hydrogens (tertiary/aromatic N) is 3. The molecule has 2 atom stereocenters. The Bertz CT molecular complexity index is 607. The van der Waals surface area contributed by atoms with Gasteiger partial charge in [0.2, 0.25) is 0 Å². The number of pyridine rings is 1. The van der Waals surface area contributed by atoms with Crippen molar-refractivity contribution in [3.8, 4) is 11.1 Å². The maximum absolute atomic E-state index is 6.23. The van der Waals surface area contributed by atoms with Gasteiger partial charge < -0.3 is 5.73 Å². The minimum atomic E-state index is 0.639. The third kappa shape index (κ3) is 1.52. The molecule has 98 valence electrons. The molecule has 2 N–H and O–H groups in total. The molecule has 2 fully saturated rings. The maximum Gasteiger partial charge on any atom is 0.129 e. The van der Waals surface area contributed by atoms with E-state index >= 15 is 0 Å². The predicted molar refractivity (Wildman–Crippen MR) is 74.4 cm³/mol. The molecule has 2 saturated carbocycles. The highest BCUT2D eigenvalue weighted by Gasteiger charge is 2.55. The molecule has 0 aliphatic heterocycles. The summed E-state index contributed by atoms with van der Waals surface area (Å²) in [6, 6.07) is 4.05. The highest BCUT2D eigenvalue weighted by Crippen LogP contribution is 2.64. The van der Waals surface area contributed by atoms with Gasteiger partial charge in [0.25, 0.3) is 0 Å². The fourth-order valence-corrected chi connectivity index (χ4v) is 3.83. The van der Waals surface area contributed by atoms with E-state index in [1.54, 1.807) is 0 Å². The lowest BCUT2D eigenvalue weighted by atomic mass is 10.0. The van der Waals surface area contributed by atoms with Crippen LogP contribution in [0.1, 0.15) is 30.9 Å². The monoisotopic (exact) mass is 254 g/mol. The maximum atomic E-state index is 6.23. The van der Waals surface area contributed by atoms with Crippen molar-refractivity contribution in [2.24, 2.45) is 18.9 Å². The zero-order valence-corrected chi connectivity index (χ0v) is 11.1. The van der Waals surface area contributed by atoms with E-state index in [0.29, 0.717) is 5.92 Å². The van der Waals surface area contributed by atoms with Crippen LogP contribution >= 0.6 is 0 Å². The van der Waals surface area contributed by atoms with Crippen molar-refractivity contribution in [2.45, 2.75) is 25.2 Å². The molecule has 4 nitrogen and oxygen atoms in total. The fraction of sp³-hybridized carbons (Fsp3) is 0.467. The molecule has 2 heterocycles. The number of hydrogen-bond donors (Lipinski definition) is 1. The van der Waals surface area contributed by atoms with Gasteiger partial charge in [-0.25, -0.2) is 0 Å². The van der Waals surface area contributed by atoms with E-state index in [9.17, 15) is 0 Å². The van der Waals surface area contributed by atoms with Crippen LogP contribution in [-0.4, -0.2) is 14.8 Å². The molecule has 19 heavy (non-hydrogen) atoms. The van der Waals surface area contributed by atoms with Crippen LogP contribution in [0, 0.1) is 11.8 Å². The first-order valence-corrected chi connectivity index (χ1v) is 7.00. The number of aromatic nitrogens is 3. The Morgan fingerprint density at radius 3 is 2.58 bits per heavy atom. The number of aryl methyl sites for hydroxylation is 1. The molecule has 4 heteroatoms. The smallest absolute Gasteiger partial charge is 0.129 e. The highest BCUT2D eigenvalue weighted by atomic mass is 15.3. The molecule has 4 rings (SSSR count). The van der Waals surface area contributed by atoms with Crippen molar-refractivity contribution in [3.63, 3.8) is 0 Å². The Hall–Kier alpha value is -1.84. The summed E-state index contributed by atoms with van der Waals surface area (Å²) in [6.45, 7) is 0. The molecule has 2 unspecified atom stereocenters. The predicted octanol–water partition coefficient (Wildman–Crippen LogP) is 2.58. The first-order chi connectivity index (χ1) is 9.27. The van der Waals surface area contributed by atoms with Crippen LogP contribution < -0.4 is 5.73 Å². The average Bonchev–Trinajstić information content (AvgIpc) is 2.78. The number of nitrogens with two attached hydrogens (primary N) is 1. The molecule has 2 aromatic heterocycles. The second kappa shape index (κ2) is 3.83. The standard InChI is InChI=1S/C15H18N4/c1-19-15(16)12(9-5-7-17-8-6-9)14(18-19)13-10-3-2-4-11(10)13/h5-8,10-11,13H,2-4,16H2,1H3. The summed E-state index contributed by atoms with van der Waals surface area (Å²) in [6.07, 6.45) is 7.75. The number of anilines is 1. The van der Waals surface area contributed by atoms with Gasteiger partial charge in [-0.05, 0) is 42.4 Å². The van der Waals surface area contributed by atoms with Crippen LogP contribution in [-0.2, 0) is 7.05 Å². The quantitative estimate of drug-likeness (QED) is 0.896. The van der Waals surface area contributed by atoms with Crippen molar-refractivity contribution in [1.29, 1.82) is 0 Å². The van der Waals surface area contributed by atoms with E-state index in [2.05, 4.69) is 4.98 Å². The fourth-order valence-electron chi connectivity index (χ4n) is 3.83. The van der Waals surface area contributed by atoms with E-state index in [1.807, 2.05) is 36.3 Å². The molecular formula is C15H18N4. The Morgan fingerprint density at radius 1 is 1.21 bits per heavy atom. The van der Waals surface area contributed by atoms with Gasteiger partial charge in [0, 0.05) is 30.9 Å². The summed E-state index contributed by atoms with van der Waals surface area (Å²) in [4.78, 5) is 4.09. The van der Waals surface area contributed by atoms with Crippen molar-refractivity contribution in [1.82, 2.24) is 14.8 Å². The van der Waals surface area contributed by atoms with E-state index in [4.69, 9.17) is 10.8 Å². The molecule has 2 aromatic rings. The number of rotatable bonds is 2. The average molecular weight is 254 g/mol. The summed E-state index contributed by atoms with van der Waals surface area (Å²) < 4.78 is 1.82. The highest BCUT2D eigenvalue weighted by molar-refractivity contribution is 5.77. The van der Waals surface area contributed by atoms with Crippen LogP contribution in [0.15, 0.2) is 24.5 Å².